The Morgan fingerprint density at radius 2 is 2.12 bits per heavy atom. The predicted octanol–water partition coefficient (Wildman–Crippen LogP) is 5.33. The number of thiophene rings is 1. The first kappa shape index (κ1) is 12.1. The van der Waals surface area contributed by atoms with Crippen molar-refractivity contribution in [2.45, 2.75) is 11.8 Å². The maximum Gasteiger partial charge on any atom is 0.126 e. The fourth-order valence-corrected chi connectivity index (χ4v) is 3.62. The Morgan fingerprint density at radius 3 is 2.69 bits per heavy atom. The highest BCUT2D eigenvalue weighted by atomic mass is 79.9. The van der Waals surface area contributed by atoms with Crippen LogP contribution in [-0.4, -0.2) is 0 Å². The van der Waals surface area contributed by atoms with Crippen LogP contribution in [0.2, 0.25) is 5.02 Å². The van der Waals surface area contributed by atoms with Crippen LogP contribution in [0.25, 0.3) is 0 Å². The topological polar surface area (TPSA) is 0 Å². The summed E-state index contributed by atoms with van der Waals surface area (Å²) in [5.41, 5.74) is 1.66. The van der Waals surface area contributed by atoms with Gasteiger partial charge < -0.3 is 0 Å². The molecule has 1 heterocycles. The van der Waals surface area contributed by atoms with E-state index in [0.717, 1.165) is 15.5 Å². The first-order chi connectivity index (χ1) is 7.59. The number of alkyl halides is 1. The predicted molar refractivity (Wildman–Crippen MR) is 71.2 cm³/mol. The molecule has 0 radical (unpaired) electrons. The van der Waals surface area contributed by atoms with E-state index in [4.69, 9.17) is 11.6 Å². The molecule has 0 aliphatic heterocycles. The standard InChI is InChI=1S/C12H9BrClFS/c1-7-6-8(2-3-10(7)15)11(13)12-9(14)4-5-16-12/h2-6,11H,1H3. The minimum Gasteiger partial charge on any atom is -0.207 e. The van der Waals surface area contributed by atoms with Crippen LogP contribution in [-0.2, 0) is 0 Å². The number of rotatable bonds is 2. The lowest BCUT2D eigenvalue weighted by molar-refractivity contribution is 0.618. The van der Waals surface area contributed by atoms with E-state index in [-0.39, 0.29) is 10.6 Å². The third-order valence-corrected chi connectivity index (χ3v) is 5.06. The lowest BCUT2D eigenvalue weighted by atomic mass is 10.1. The molecule has 1 atom stereocenters. The van der Waals surface area contributed by atoms with Crippen LogP contribution in [0.5, 0.6) is 0 Å². The van der Waals surface area contributed by atoms with E-state index in [1.54, 1.807) is 24.3 Å². The molecule has 0 aliphatic carbocycles. The summed E-state index contributed by atoms with van der Waals surface area (Å²) in [4.78, 5) is 1.08. The van der Waals surface area contributed by atoms with Gasteiger partial charge in [-0.05, 0) is 35.6 Å². The number of halogens is 3. The van der Waals surface area contributed by atoms with E-state index in [1.165, 1.54) is 6.07 Å². The van der Waals surface area contributed by atoms with E-state index in [1.807, 2.05) is 17.5 Å². The van der Waals surface area contributed by atoms with Crippen molar-refractivity contribution < 1.29 is 4.39 Å². The molecule has 0 fully saturated rings. The maximum absolute atomic E-state index is 13.1. The first-order valence-electron chi connectivity index (χ1n) is 4.72. The van der Waals surface area contributed by atoms with Gasteiger partial charge in [-0.2, -0.15) is 0 Å². The zero-order valence-corrected chi connectivity index (χ0v) is 11.7. The van der Waals surface area contributed by atoms with Crippen molar-refractivity contribution in [2.24, 2.45) is 0 Å². The fraction of sp³-hybridized carbons (Fsp3) is 0.167. The van der Waals surface area contributed by atoms with Crippen LogP contribution < -0.4 is 0 Å². The Balaban J connectivity index is 2.38. The lowest BCUT2D eigenvalue weighted by Crippen LogP contribution is -1.92. The molecule has 0 aliphatic rings. The summed E-state index contributed by atoms with van der Waals surface area (Å²) in [6.45, 7) is 1.76. The van der Waals surface area contributed by atoms with Gasteiger partial charge in [0.2, 0.25) is 0 Å². The summed E-state index contributed by atoms with van der Waals surface area (Å²) in [5.74, 6) is -0.180. The molecule has 1 unspecified atom stereocenters. The second-order valence-corrected chi connectivity index (χ2v) is 5.77. The molecule has 16 heavy (non-hydrogen) atoms. The van der Waals surface area contributed by atoms with Gasteiger partial charge in [-0.15, -0.1) is 11.3 Å². The summed E-state index contributed by atoms with van der Waals surface area (Å²) in [6.07, 6.45) is 0. The zero-order valence-electron chi connectivity index (χ0n) is 8.51. The smallest absolute Gasteiger partial charge is 0.126 e. The Hall–Kier alpha value is -0.380. The summed E-state index contributed by atoms with van der Waals surface area (Å²) >= 11 is 11.2. The van der Waals surface area contributed by atoms with Crippen molar-refractivity contribution in [3.8, 4) is 0 Å². The van der Waals surface area contributed by atoms with Crippen molar-refractivity contribution in [3.05, 3.63) is 56.5 Å². The van der Waals surface area contributed by atoms with Crippen LogP contribution in [0.4, 0.5) is 4.39 Å². The van der Waals surface area contributed by atoms with Crippen molar-refractivity contribution in [1.29, 1.82) is 0 Å². The van der Waals surface area contributed by atoms with E-state index in [2.05, 4.69) is 15.9 Å². The second kappa shape index (κ2) is 4.86. The SMILES string of the molecule is Cc1cc(C(Br)c2sccc2Cl)ccc1F. The molecular weight excluding hydrogens is 311 g/mol. The van der Waals surface area contributed by atoms with Gasteiger partial charge in [-0.1, -0.05) is 39.7 Å². The van der Waals surface area contributed by atoms with Gasteiger partial charge in [0.15, 0.2) is 0 Å². The molecule has 0 saturated heterocycles. The average molecular weight is 320 g/mol. The molecule has 2 aromatic rings. The first-order valence-corrected chi connectivity index (χ1v) is 6.90. The van der Waals surface area contributed by atoms with Crippen molar-refractivity contribution >= 4 is 38.9 Å². The highest BCUT2D eigenvalue weighted by Crippen LogP contribution is 2.38. The summed E-state index contributed by atoms with van der Waals surface area (Å²) in [7, 11) is 0. The molecule has 2 rings (SSSR count). The van der Waals surface area contributed by atoms with Crippen LogP contribution in [0.1, 0.15) is 20.8 Å². The normalized spacial score (nSPS) is 12.8. The number of hydrogen-bond acceptors (Lipinski definition) is 1. The molecule has 1 aromatic heterocycles. The molecule has 84 valence electrons. The summed E-state index contributed by atoms with van der Waals surface area (Å²) in [5, 5.41) is 2.69. The molecule has 4 heteroatoms. The fourth-order valence-electron chi connectivity index (χ4n) is 1.46. The van der Waals surface area contributed by atoms with Gasteiger partial charge >= 0.3 is 0 Å². The molecule has 0 N–H and O–H groups in total. The number of aryl methyl sites for hydroxylation is 1. The summed E-state index contributed by atoms with van der Waals surface area (Å²) < 4.78 is 13.1. The van der Waals surface area contributed by atoms with Gasteiger partial charge in [0.1, 0.15) is 5.82 Å². The summed E-state index contributed by atoms with van der Waals surface area (Å²) in [6, 6.07) is 6.97. The second-order valence-electron chi connectivity index (χ2n) is 3.50. The quantitative estimate of drug-likeness (QED) is 0.656. The van der Waals surface area contributed by atoms with E-state index in [9.17, 15) is 4.39 Å². The molecule has 0 amide bonds. The lowest BCUT2D eigenvalue weighted by Gasteiger charge is -2.10. The largest absolute Gasteiger partial charge is 0.207 e. The third kappa shape index (κ3) is 2.31. The minimum atomic E-state index is -0.180. The number of benzene rings is 1. The van der Waals surface area contributed by atoms with Crippen molar-refractivity contribution in [1.82, 2.24) is 0 Å². The zero-order chi connectivity index (χ0) is 11.7. The van der Waals surface area contributed by atoms with Crippen LogP contribution in [0.15, 0.2) is 29.6 Å². The Morgan fingerprint density at radius 1 is 1.38 bits per heavy atom. The molecule has 0 saturated carbocycles. The van der Waals surface area contributed by atoms with Gasteiger partial charge in [0.25, 0.3) is 0 Å². The van der Waals surface area contributed by atoms with Crippen LogP contribution >= 0.6 is 38.9 Å². The Bertz CT molecular complexity index is 509. The van der Waals surface area contributed by atoms with Crippen LogP contribution in [0.3, 0.4) is 0 Å². The van der Waals surface area contributed by atoms with Crippen molar-refractivity contribution in [2.75, 3.05) is 0 Å². The Kier molecular flexibility index (Phi) is 3.67. The average Bonchev–Trinajstić information content (AvgIpc) is 2.67. The molecular formula is C12H9BrClFS. The monoisotopic (exact) mass is 318 g/mol. The molecule has 0 bridgehead atoms. The van der Waals surface area contributed by atoms with Crippen LogP contribution in [0, 0.1) is 12.7 Å². The highest BCUT2D eigenvalue weighted by Gasteiger charge is 2.15. The maximum atomic E-state index is 13.1. The number of hydrogen-bond donors (Lipinski definition) is 0. The van der Waals surface area contributed by atoms with E-state index in [0.29, 0.717) is 5.56 Å². The Labute approximate surface area is 111 Å². The van der Waals surface area contributed by atoms with E-state index < -0.39 is 0 Å². The third-order valence-electron chi connectivity index (χ3n) is 2.35. The molecule has 0 nitrogen and oxygen atoms in total. The van der Waals surface area contributed by atoms with Crippen molar-refractivity contribution in [3.63, 3.8) is 0 Å². The van der Waals surface area contributed by atoms with Gasteiger partial charge in [-0.25, -0.2) is 4.39 Å². The van der Waals surface area contributed by atoms with E-state index >= 15 is 0 Å². The van der Waals surface area contributed by atoms with Gasteiger partial charge in [0.05, 0.1) is 9.85 Å². The minimum absolute atomic E-state index is 0.0271. The molecule has 1 aromatic carbocycles. The molecule has 0 spiro atoms. The van der Waals surface area contributed by atoms with Gasteiger partial charge in [0, 0.05) is 4.88 Å². The highest BCUT2D eigenvalue weighted by molar-refractivity contribution is 9.09. The van der Waals surface area contributed by atoms with Gasteiger partial charge in [-0.3, -0.25) is 0 Å².